The van der Waals surface area contributed by atoms with Crippen LogP contribution in [0.1, 0.15) is 19.3 Å². The Morgan fingerprint density at radius 1 is 1.26 bits per heavy atom. The van der Waals surface area contributed by atoms with Gasteiger partial charge in [0.25, 0.3) is 0 Å². The van der Waals surface area contributed by atoms with E-state index in [0.717, 1.165) is 12.5 Å². The van der Waals surface area contributed by atoms with Gasteiger partial charge in [-0.05, 0) is 18.8 Å². The second kappa shape index (κ2) is 4.60. The van der Waals surface area contributed by atoms with E-state index in [-0.39, 0.29) is 0 Å². The first kappa shape index (κ1) is 14.5. The molecule has 0 aromatic carbocycles. The maximum absolute atomic E-state index is 12.7. The Morgan fingerprint density at radius 3 is 2.32 bits per heavy atom. The maximum Gasteiger partial charge on any atom is 0.523 e. The highest BCUT2D eigenvalue weighted by Gasteiger charge is 2.56. The summed E-state index contributed by atoms with van der Waals surface area (Å²) >= 11 is 0. The molecule has 0 aromatic heterocycles. The van der Waals surface area contributed by atoms with Gasteiger partial charge in [-0.1, -0.05) is 30.7 Å². The van der Waals surface area contributed by atoms with Gasteiger partial charge in [-0.15, -0.1) is 13.2 Å². The van der Waals surface area contributed by atoms with Crippen LogP contribution in [0.5, 0.6) is 0 Å². The third-order valence-electron chi connectivity index (χ3n) is 3.59. The van der Waals surface area contributed by atoms with Crippen LogP contribution in [0.25, 0.3) is 0 Å². The van der Waals surface area contributed by atoms with E-state index in [1.807, 2.05) is 0 Å². The number of halogens is 3. The normalized spacial score (nSPS) is 32.3. The van der Waals surface area contributed by atoms with Crippen molar-refractivity contribution >= 4 is 10.0 Å². The molecule has 2 unspecified atom stereocenters. The van der Waals surface area contributed by atoms with Gasteiger partial charge in [0.1, 0.15) is 10.9 Å². The van der Waals surface area contributed by atoms with Gasteiger partial charge >= 0.3 is 6.36 Å². The number of rotatable bonds is 3. The standard InChI is InChI=1S/C11H14F3NO3S/c12-11(13,14)18-10(8-4-3-5-8)7-2-1-6-9(10)19(15,16)17/h1-2,6-9H,3-5H2,(H2,15,16,17). The summed E-state index contributed by atoms with van der Waals surface area (Å²) in [4.78, 5) is 0. The van der Waals surface area contributed by atoms with Crippen LogP contribution in [-0.4, -0.2) is 25.6 Å². The second-order valence-electron chi connectivity index (χ2n) is 4.78. The first-order valence-electron chi connectivity index (χ1n) is 5.80. The van der Waals surface area contributed by atoms with E-state index in [4.69, 9.17) is 5.14 Å². The molecule has 4 nitrogen and oxygen atoms in total. The number of primary sulfonamides is 1. The first-order valence-corrected chi connectivity index (χ1v) is 7.41. The maximum atomic E-state index is 12.7. The minimum Gasteiger partial charge on any atom is -0.279 e. The Hall–Kier alpha value is -0.860. The lowest BCUT2D eigenvalue weighted by Gasteiger charge is -2.46. The molecule has 8 heteroatoms. The third kappa shape index (κ3) is 2.85. The smallest absolute Gasteiger partial charge is 0.279 e. The van der Waals surface area contributed by atoms with E-state index >= 15 is 0 Å². The molecule has 0 aromatic rings. The molecule has 0 amide bonds. The molecule has 2 atom stereocenters. The van der Waals surface area contributed by atoms with Crippen LogP contribution in [0.15, 0.2) is 24.3 Å². The Morgan fingerprint density at radius 2 is 1.89 bits per heavy atom. The molecule has 2 aliphatic rings. The molecule has 19 heavy (non-hydrogen) atoms. The van der Waals surface area contributed by atoms with Crippen molar-refractivity contribution in [3.63, 3.8) is 0 Å². The number of hydrogen-bond donors (Lipinski definition) is 1. The monoisotopic (exact) mass is 297 g/mol. The number of ether oxygens (including phenoxy) is 1. The summed E-state index contributed by atoms with van der Waals surface area (Å²) < 4.78 is 65.3. The van der Waals surface area contributed by atoms with Gasteiger partial charge in [-0.3, -0.25) is 4.74 Å². The topological polar surface area (TPSA) is 69.4 Å². The highest BCUT2D eigenvalue weighted by atomic mass is 32.2. The van der Waals surface area contributed by atoms with Gasteiger partial charge in [0.2, 0.25) is 10.0 Å². The van der Waals surface area contributed by atoms with Crippen molar-refractivity contribution in [2.75, 3.05) is 0 Å². The summed E-state index contributed by atoms with van der Waals surface area (Å²) in [7, 11) is -4.19. The predicted octanol–water partition coefficient (Wildman–Crippen LogP) is 1.84. The molecule has 1 fully saturated rings. The zero-order valence-corrected chi connectivity index (χ0v) is 10.7. The Balaban J connectivity index is 2.45. The van der Waals surface area contributed by atoms with Crippen molar-refractivity contribution in [3.05, 3.63) is 24.3 Å². The van der Waals surface area contributed by atoms with Crippen LogP contribution in [0.4, 0.5) is 13.2 Å². The number of nitrogens with two attached hydrogens (primary N) is 1. The minimum atomic E-state index is -4.92. The quantitative estimate of drug-likeness (QED) is 0.864. The molecule has 0 aliphatic heterocycles. The second-order valence-corrected chi connectivity index (χ2v) is 6.47. The fourth-order valence-electron chi connectivity index (χ4n) is 2.59. The molecular formula is C11H14F3NO3S. The molecule has 108 valence electrons. The zero-order chi connectivity index (χ0) is 14.3. The zero-order valence-electron chi connectivity index (χ0n) is 9.93. The molecule has 0 saturated heterocycles. The van der Waals surface area contributed by atoms with Crippen LogP contribution in [0.3, 0.4) is 0 Å². The van der Waals surface area contributed by atoms with Crippen molar-refractivity contribution in [1.29, 1.82) is 0 Å². The Labute approximate surface area is 109 Å². The van der Waals surface area contributed by atoms with E-state index in [9.17, 15) is 21.6 Å². The van der Waals surface area contributed by atoms with Crippen molar-refractivity contribution in [3.8, 4) is 0 Å². The summed E-state index contributed by atoms with van der Waals surface area (Å²) in [6.45, 7) is 0. The predicted molar refractivity (Wildman–Crippen MR) is 62.4 cm³/mol. The minimum absolute atomic E-state index is 0.486. The lowest BCUT2D eigenvalue weighted by Crippen LogP contribution is -2.58. The number of hydrogen-bond acceptors (Lipinski definition) is 3. The first-order chi connectivity index (χ1) is 8.65. The van der Waals surface area contributed by atoms with E-state index in [1.165, 1.54) is 18.2 Å². The van der Waals surface area contributed by atoms with Gasteiger partial charge in [0.05, 0.1) is 0 Å². The molecule has 1 saturated carbocycles. The molecule has 0 radical (unpaired) electrons. The van der Waals surface area contributed by atoms with E-state index < -0.39 is 33.2 Å². The van der Waals surface area contributed by atoms with Crippen LogP contribution in [0, 0.1) is 5.92 Å². The lowest BCUT2D eigenvalue weighted by molar-refractivity contribution is -0.367. The Bertz CT molecular complexity index is 508. The summed E-state index contributed by atoms with van der Waals surface area (Å²) in [6.07, 6.45) is 1.85. The largest absolute Gasteiger partial charge is 0.523 e. The molecule has 2 rings (SSSR count). The molecule has 0 spiro atoms. The molecule has 2 N–H and O–H groups in total. The number of alkyl halides is 3. The fraction of sp³-hybridized carbons (Fsp3) is 0.636. The van der Waals surface area contributed by atoms with Crippen LogP contribution < -0.4 is 5.14 Å². The summed E-state index contributed by atoms with van der Waals surface area (Å²) in [5, 5.41) is 3.54. The van der Waals surface area contributed by atoms with Gasteiger partial charge in [0, 0.05) is 0 Å². The van der Waals surface area contributed by atoms with Crippen LogP contribution in [-0.2, 0) is 14.8 Å². The molecule has 2 aliphatic carbocycles. The van der Waals surface area contributed by atoms with Gasteiger partial charge in [0.15, 0.2) is 0 Å². The summed E-state index contributed by atoms with van der Waals surface area (Å²) in [5.41, 5.74) is -1.95. The third-order valence-corrected chi connectivity index (χ3v) is 4.82. The molecule has 0 heterocycles. The van der Waals surface area contributed by atoms with Gasteiger partial charge in [-0.25, -0.2) is 13.6 Å². The summed E-state index contributed by atoms with van der Waals surface area (Å²) in [6, 6.07) is 0. The van der Waals surface area contributed by atoms with Gasteiger partial charge < -0.3 is 0 Å². The van der Waals surface area contributed by atoms with E-state index in [0.29, 0.717) is 12.8 Å². The fourth-order valence-corrected chi connectivity index (χ4v) is 3.73. The van der Waals surface area contributed by atoms with Gasteiger partial charge in [-0.2, -0.15) is 0 Å². The molecular weight excluding hydrogens is 283 g/mol. The Kier molecular flexibility index (Phi) is 3.53. The highest BCUT2D eigenvalue weighted by Crippen LogP contribution is 2.47. The SMILES string of the molecule is NS(=O)(=O)C1C=CC=CC1(OC(F)(F)F)C1CCC1. The van der Waals surface area contributed by atoms with E-state index in [2.05, 4.69) is 4.74 Å². The molecule has 0 bridgehead atoms. The van der Waals surface area contributed by atoms with Crippen molar-refractivity contribution in [2.24, 2.45) is 11.1 Å². The van der Waals surface area contributed by atoms with Crippen LogP contribution in [0.2, 0.25) is 0 Å². The van der Waals surface area contributed by atoms with E-state index in [1.54, 1.807) is 0 Å². The summed E-state index contributed by atoms with van der Waals surface area (Å²) in [5.74, 6) is -0.501. The van der Waals surface area contributed by atoms with Crippen LogP contribution >= 0.6 is 0 Å². The number of sulfonamides is 1. The van der Waals surface area contributed by atoms with Crippen molar-refractivity contribution < 1.29 is 26.3 Å². The highest BCUT2D eigenvalue weighted by molar-refractivity contribution is 7.90. The van der Waals surface area contributed by atoms with Crippen molar-refractivity contribution in [2.45, 2.75) is 36.5 Å². The number of allylic oxidation sites excluding steroid dienone is 2. The lowest BCUT2D eigenvalue weighted by atomic mass is 9.70. The van der Waals surface area contributed by atoms with Crippen molar-refractivity contribution in [1.82, 2.24) is 0 Å². The average molecular weight is 297 g/mol. The average Bonchev–Trinajstić information content (AvgIpc) is 2.09.